The predicted molar refractivity (Wildman–Crippen MR) is 230 cm³/mol. The maximum atomic E-state index is 13.0. The SMILES string of the molecule is CC(C)(C)OC(=O)N[C@H]1CCCN(c2cc(I)cc(N3CCOCC3)n2)C1.CC(C)(C)OC(=O)N[C@H]1CCCNC1.Fc1cc(I)cc(N2CCOCC2)n1. The molecule has 4 aliphatic rings. The molecule has 2 amide bonds. The molecule has 14 nitrogen and oxygen atoms in total. The number of amides is 2. The molecule has 55 heavy (non-hydrogen) atoms. The molecule has 308 valence electrons. The summed E-state index contributed by atoms with van der Waals surface area (Å²) >= 11 is 4.44. The van der Waals surface area contributed by atoms with Crippen LogP contribution in [0.4, 0.5) is 31.4 Å². The van der Waals surface area contributed by atoms with Gasteiger partial charge in [0.1, 0.15) is 28.7 Å². The second-order valence-corrected chi connectivity index (χ2v) is 18.3. The zero-order valence-corrected chi connectivity index (χ0v) is 37.4. The highest BCUT2D eigenvalue weighted by atomic mass is 127. The van der Waals surface area contributed by atoms with Gasteiger partial charge in [-0.05, 0) is 137 Å². The number of carbonyl (C=O) groups excluding carboxylic acids is 2. The average molecular weight is 997 g/mol. The van der Waals surface area contributed by atoms with Gasteiger partial charge < -0.3 is 49.6 Å². The second kappa shape index (κ2) is 21.9. The van der Waals surface area contributed by atoms with Crippen LogP contribution < -0.4 is 30.7 Å². The average Bonchev–Trinajstić information content (AvgIpc) is 3.11. The van der Waals surface area contributed by atoms with Gasteiger partial charge in [0.25, 0.3) is 0 Å². The van der Waals surface area contributed by atoms with E-state index in [-0.39, 0.29) is 24.3 Å². The fraction of sp³-hybridized carbons (Fsp3) is 0.684. The van der Waals surface area contributed by atoms with E-state index in [0.717, 1.165) is 106 Å². The molecule has 2 aromatic heterocycles. The highest BCUT2D eigenvalue weighted by molar-refractivity contribution is 14.1. The summed E-state index contributed by atoms with van der Waals surface area (Å²) < 4.78 is 36.3. The van der Waals surface area contributed by atoms with E-state index in [9.17, 15) is 14.0 Å². The molecule has 4 saturated heterocycles. The maximum absolute atomic E-state index is 13.0. The van der Waals surface area contributed by atoms with Gasteiger partial charge in [-0.15, -0.1) is 0 Å². The Morgan fingerprint density at radius 2 is 1.20 bits per heavy atom. The van der Waals surface area contributed by atoms with E-state index in [1.807, 2.05) is 52.5 Å². The van der Waals surface area contributed by atoms with Gasteiger partial charge in [0.05, 0.1) is 26.4 Å². The Kier molecular flexibility index (Phi) is 18.0. The van der Waals surface area contributed by atoms with Gasteiger partial charge in [-0.25, -0.2) is 19.6 Å². The van der Waals surface area contributed by atoms with Gasteiger partial charge in [-0.2, -0.15) is 4.39 Å². The van der Waals surface area contributed by atoms with Crippen molar-refractivity contribution in [3.63, 3.8) is 0 Å². The number of hydrogen-bond acceptors (Lipinski definition) is 12. The first-order valence-corrected chi connectivity index (χ1v) is 21.3. The van der Waals surface area contributed by atoms with E-state index in [0.29, 0.717) is 19.0 Å². The molecule has 2 atom stereocenters. The number of nitrogens with zero attached hydrogens (tertiary/aromatic N) is 5. The normalized spacial score (nSPS) is 20.6. The first-order chi connectivity index (χ1) is 26.0. The first kappa shape index (κ1) is 45.2. The molecule has 0 radical (unpaired) electrons. The van der Waals surface area contributed by atoms with Gasteiger partial charge in [-0.3, -0.25) is 0 Å². The number of anilines is 3. The van der Waals surface area contributed by atoms with Crippen LogP contribution in [-0.2, 0) is 18.9 Å². The number of nitrogens with one attached hydrogen (secondary N) is 3. The number of piperidine rings is 2. The van der Waals surface area contributed by atoms with Crippen molar-refractivity contribution in [2.45, 2.75) is 90.5 Å². The van der Waals surface area contributed by atoms with E-state index in [1.165, 1.54) is 9.64 Å². The minimum atomic E-state index is -0.484. The molecule has 4 fully saturated rings. The van der Waals surface area contributed by atoms with Gasteiger partial charge in [0, 0.05) is 71.1 Å². The molecule has 6 heterocycles. The van der Waals surface area contributed by atoms with Gasteiger partial charge in [0.15, 0.2) is 0 Å². The molecule has 3 N–H and O–H groups in total. The molecule has 17 heteroatoms. The van der Waals surface area contributed by atoms with Crippen LogP contribution in [0.5, 0.6) is 0 Å². The highest BCUT2D eigenvalue weighted by Gasteiger charge is 2.26. The number of halogens is 3. The third kappa shape index (κ3) is 17.3. The summed E-state index contributed by atoms with van der Waals surface area (Å²) in [5.74, 6) is 2.26. The van der Waals surface area contributed by atoms with Gasteiger partial charge >= 0.3 is 12.2 Å². The molecule has 0 unspecified atom stereocenters. The summed E-state index contributed by atoms with van der Waals surface area (Å²) in [5, 5.41) is 9.09. The van der Waals surface area contributed by atoms with Crippen molar-refractivity contribution >= 4 is 74.8 Å². The third-order valence-corrected chi connectivity index (χ3v) is 9.91. The topological polar surface area (TPSA) is 143 Å². The summed E-state index contributed by atoms with van der Waals surface area (Å²) in [7, 11) is 0. The Morgan fingerprint density at radius 1 is 0.727 bits per heavy atom. The van der Waals surface area contributed by atoms with E-state index in [1.54, 1.807) is 0 Å². The van der Waals surface area contributed by atoms with Gasteiger partial charge in [0.2, 0.25) is 5.95 Å². The number of carbonyl (C=O) groups is 2. The number of alkyl carbamates (subject to hydrolysis) is 2. The van der Waals surface area contributed by atoms with Crippen LogP contribution in [0.2, 0.25) is 0 Å². The standard InChI is InChI=1S/C19H29IN4O3.C10H20N2O2.C9H10FIN2O/c1-19(2,3)27-18(25)21-15-5-4-6-24(13-15)17-12-14(20)11-16(22-17)23-7-9-26-10-8-23;1-10(2,3)14-9(13)12-8-5-4-6-11-7-8;10-8-5-7(11)6-9(12-8)13-1-3-14-4-2-13/h11-12,15H,4-10,13H2,1-3H3,(H,21,25);8,11H,4-7H2,1-3H3,(H,12,13);5-6H,1-4H2/t15-;8-;/m00./s1. The van der Waals surface area contributed by atoms with Crippen LogP contribution in [0.15, 0.2) is 24.3 Å². The van der Waals surface area contributed by atoms with Crippen molar-refractivity contribution in [3.05, 3.63) is 37.4 Å². The number of hydrogen-bond donors (Lipinski definition) is 3. The Balaban J connectivity index is 0.000000202. The Hall–Kier alpha value is -2.49. The number of morpholine rings is 2. The van der Waals surface area contributed by atoms with Crippen molar-refractivity contribution in [1.82, 2.24) is 25.9 Å². The van der Waals surface area contributed by atoms with Crippen molar-refractivity contribution in [2.24, 2.45) is 0 Å². The molecule has 0 bridgehead atoms. The molecular formula is C38H59FI2N8O6. The Morgan fingerprint density at radius 3 is 1.69 bits per heavy atom. The smallest absolute Gasteiger partial charge is 0.407 e. The zero-order valence-electron chi connectivity index (χ0n) is 33.1. The quantitative estimate of drug-likeness (QED) is 0.241. The van der Waals surface area contributed by atoms with Crippen molar-refractivity contribution in [1.29, 1.82) is 0 Å². The molecule has 0 aromatic carbocycles. The lowest BCUT2D eigenvalue weighted by Crippen LogP contribution is -2.49. The lowest BCUT2D eigenvalue weighted by Gasteiger charge is -2.35. The summed E-state index contributed by atoms with van der Waals surface area (Å²) in [5.41, 5.74) is -0.894. The number of pyridine rings is 2. The van der Waals surface area contributed by atoms with E-state index in [2.05, 4.69) is 88.0 Å². The Labute approximate surface area is 353 Å². The third-order valence-electron chi connectivity index (χ3n) is 8.66. The summed E-state index contributed by atoms with van der Waals surface area (Å²) in [4.78, 5) is 38.8. The van der Waals surface area contributed by atoms with Crippen LogP contribution in [0.25, 0.3) is 0 Å². The Bertz CT molecular complexity index is 1490. The first-order valence-electron chi connectivity index (χ1n) is 19.1. The molecule has 4 aliphatic heterocycles. The van der Waals surface area contributed by atoms with Crippen LogP contribution >= 0.6 is 45.2 Å². The molecule has 2 aromatic rings. The minimum Gasteiger partial charge on any atom is -0.444 e. The summed E-state index contributed by atoms with van der Waals surface area (Å²) in [6.07, 6.45) is 3.45. The fourth-order valence-electron chi connectivity index (χ4n) is 6.22. The zero-order chi connectivity index (χ0) is 40.0. The summed E-state index contributed by atoms with van der Waals surface area (Å²) in [6.45, 7) is 21.0. The number of ether oxygens (including phenoxy) is 4. The van der Waals surface area contributed by atoms with Crippen molar-refractivity contribution < 1.29 is 32.9 Å². The molecule has 0 saturated carbocycles. The monoisotopic (exact) mass is 996 g/mol. The minimum absolute atomic E-state index is 0.0695. The van der Waals surface area contributed by atoms with E-state index >= 15 is 0 Å². The van der Waals surface area contributed by atoms with Crippen LogP contribution in [0, 0.1) is 13.1 Å². The van der Waals surface area contributed by atoms with Crippen LogP contribution in [0.1, 0.15) is 67.2 Å². The lowest BCUT2D eigenvalue weighted by molar-refractivity contribution is 0.0486. The molecule has 0 aliphatic carbocycles. The van der Waals surface area contributed by atoms with E-state index < -0.39 is 17.1 Å². The van der Waals surface area contributed by atoms with Crippen LogP contribution in [-0.4, -0.2) is 124 Å². The lowest BCUT2D eigenvalue weighted by atomic mass is 10.1. The second-order valence-electron chi connectivity index (χ2n) is 15.8. The predicted octanol–water partition coefficient (Wildman–Crippen LogP) is 5.94. The molecular weight excluding hydrogens is 937 g/mol. The largest absolute Gasteiger partial charge is 0.444 e. The van der Waals surface area contributed by atoms with Crippen LogP contribution in [0.3, 0.4) is 0 Å². The highest BCUT2D eigenvalue weighted by Crippen LogP contribution is 2.25. The van der Waals surface area contributed by atoms with Crippen molar-refractivity contribution in [3.8, 4) is 0 Å². The van der Waals surface area contributed by atoms with Crippen molar-refractivity contribution in [2.75, 3.05) is 93.5 Å². The number of rotatable bonds is 5. The van der Waals surface area contributed by atoms with E-state index in [4.69, 9.17) is 23.9 Å². The fourth-order valence-corrected chi connectivity index (χ4v) is 7.31. The van der Waals surface area contributed by atoms with Gasteiger partial charge in [-0.1, -0.05) is 0 Å². The molecule has 6 rings (SSSR count). The molecule has 0 spiro atoms. The maximum Gasteiger partial charge on any atom is 0.407 e. The summed E-state index contributed by atoms with van der Waals surface area (Å²) in [6, 6.07) is 7.83. The number of aromatic nitrogens is 2.